The number of hydrogen-bond donors (Lipinski definition) is 0. The van der Waals surface area contributed by atoms with Gasteiger partial charge in [0.15, 0.2) is 5.65 Å². The van der Waals surface area contributed by atoms with Crippen molar-refractivity contribution in [2.45, 2.75) is 25.8 Å². The van der Waals surface area contributed by atoms with Crippen molar-refractivity contribution in [3.8, 4) is 0 Å². The molecule has 1 unspecified atom stereocenters. The molecular weight excluding hydrogens is 314 g/mol. The van der Waals surface area contributed by atoms with Crippen LogP contribution in [0.15, 0.2) is 45.7 Å². The fourth-order valence-corrected chi connectivity index (χ4v) is 3.46. The highest BCUT2D eigenvalue weighted by Gasteiger charge is 2.28. The summed E-state index contributed by atoms with van der Waals surface area (Å²) in [4.78, 5) is 19.0. The van der Waals surface area contributed by atoms with Crippen molar-refractivity contribution < 1.29 is 4.52 Å². The van der Waals surface area contributed by atoms with Crippen LogP contribution in [-0.4, -0.2) is 16.1 Å². The fraction of sp³-hybridized carbons (Fsp3) is 0.294. The first-order chi connectivity index (χ1) is 11.1. The van der Waals surface area contributed by atoms with Gasteiger partial charge in [0, 0.05) is 23.7 Å². The average molecular weight is 330 g/mol. The third-order valence-electron chi connectivity index (χ3n) is 4.24. The van der Waals surface area contributed by atoms with E-state index in [9.17, 15) is 4.79 Å². The van der Waals surface area contributed by atoms with Crippen LogP contribution in [0.4, 0.5) is 5.82 Å². The Hall–Kier alpha value is -2.27. The summed E-state index contributed by atoms with van der Waals surface area (Å²) in [5, 5.41) is 0.725. The van der Waals surface area contributed by atoms with Gasteiger partial charge in [-0.15, -0.1) is 4.57 Å². The van der Waals surface area contributed by atoms with E-state index in [1.54, 1.807) is 19.1 Å². The molecule has 1 saturated heterocycles. The number of halogens is 1. The van der Waals surface area contributed by atoms with Gasteiger partial charge in [0.1, 0.15) is 11.6 Å². The first-order valence-electron chi connectivity index (χ1n) is 7.65. The van der Waals surface area contributed by atoms with Crippen molar-refractivity contribution in [3.63, 3.8) is 0 Å². The van der Waals surface area contributed by atoms with E-state index in [-0.39, 0.29) is 11.6 Å². The van der Waals surface area contributed by atoms with Crippen LogP contribution in [0.3, 0.4) is 0 Å². The van der Waals surface area contributed by atoms with Gasteiger partial charge >= 0.3 is 0 Å². The minimum Gasteiger partial charge on any atom is -0.375 e. The first-order valence-corrected chi connectivity index (χ1v) is 8.02. The Morgan fingerprint density at radius 3 is 3.00 bits per heavy atom. The largest absolute Gasteiger partial charge is 0.375 e. The van der Waals surface area contributed by atoms with E-state index in [2.05, 4.69) is 16.0 Å². The minimum absolute atomic E-state index is 0.191. The molecule has 0 bridgehead atoms. The highest BCUT2D eigenvalue weighted by molar-refractivity contribution is 6.30. The predicted molar refractivity (Wildman–Crippen MR) is 89.2 cm³/mol. The van der Waals surface area contributed by atoms with Crippen molar-refractivity contribution in [3.05, 3.63) is 63.1 Å². The number of fused-ring (bicyclic) bond motifs is 1. The van der Waals surface area contributed by atoms with Gasteiger partial charge in [0.25, 0.3) is 5.56 Å². The molecule has 1 aliphatic rings. The van der Waals surface area contributed by atoms with E-state index in [1.165, 1.54) is 4.57 Å². The number of anilines is 1. The lowest BCUT2D eigenvalue weighted by Crippen LogP contribution is -2.26. The Balaban J connectivity index is 1.78. The second kappa shape index (κ2) is 5.42. The van der Waals surface area contributed by atoms with Crippen LogP contribution in [0.25, 0.3) is 5.65 Å². The Morgan fingerprint density at radius 1 is 1.30 bits per heavy atom. The second-order valence-corrected chi connectivity index (χ2v) is 6.29. The van der Waals surface area contributed by atoms with E-state index in [1.807, 2.05) is 18.2 Å². The van der Waals surface area contributed by atoms with Crippen LogP contribution in [-0.2, 0) is 0 Å². The summed E-state index contributed by atoms with van der Waals surface area (Å²) in [6.45, 7) is 2.68. The molecular formula is C17H16ClN3O2. The van der Waals surface area contributed by atoms with Crippen molar-refractivity contribution in [2.24, 2.45) is 0 Å². The van der Waals surface area contributed by atoms with Crippen molar-refractivity contribution >= 4 is 23.1 Å². The predicted octanol–water partition coefficient (Wildman–Crippen LogP) is 3.59. The molecule has 1 aliphatic heterocycles. The Labute approximate surface area is 138 Å². The highest BCUT2D eigenvalue weighted by Crippen LogP contribution is 2.35. The number of aromatic nitrogens is 2. The fourth-order valence-electron chi connectivity index (χ4n) is 3.26. The summed E-state index contributed by atoms with van der Waals surface area (Å²) >= 11 is 6.12. The standard InChI is InChI=1S/C17H16ClN3O2/c1-11-8-16-19-15(10-17(22)21(16)23-11)20-7-3-6-14(20)12-4-2-5-13(18)9-12/h2,4-5,8-10,14H,3,6-7H2,1H3. The summed E-state index contributed by atoms with van der Waals surface area (Å²) in [7, 11) is 0. The summed E-state index contributed by atoms with van der Waals surface area (Å²) in [5.74, 6) is 1.36. The SMILES string of the molecule is Cc1cc2nc(N3CCCC3c3cccc(Cl)c3)cc(=O)n2o1. The van der Waals surface area contributed by atoms with Gasteiger partial charge in [-0.05, 0) is 37.5 Å². The lowest BCUT2D eigenvalue weighted by molar-refractivity contribution is 0.345. The quantitative estimate of drug-likeness (QED) is 0.721. The zero-order chi connectivity index (χ0) is 16.0. The summed E-state index contributed by atoms with van der Waals surface area (Å²) < 4.78 is 6.57. The maximum atomic E-state index is 12.2. The molecule has 1 aromatic carbocycles. The number of aryl methyl sites for hydroxylation is 1. The maximum absolute atomic E-state index is 12.2. The van der Waals surface area contributed by atoms with Gasteiger partial charge in [0.2, 0.25) is 0 Å². The third kappa shape index (κ3) is 2.51. The molecule has 118 valence electrons. The molecule has 0 saturated carbocycles. The maximum Gasteiger partial charge on any atom is 0.289 e. The van der Waals surface area contributed by atoms with Crippen molar-refractivity contribution in [2.75, 3.05) is 11.4 Å². The van der Waals surface area contributed by atoms with Gasteiger partial charge in [-0.2, -0.15) is 0 Å². The van der Waals surface area contributed by atoms with Crippen LogP contribution in [0, 0.1) is 6.92 Å². The molecule has 0 radical (unpaired) electrons. The van der Waals surface area contributed by atoms with Crippen LogP contribution < -0.4 is 10.5 Å². The van der Waals surface area contributed by atoms with E-state index in [0.717, 1.165) is 30.0 Å². The lowest BCUT2D eigenvalue weighted by Gasteiger charge is -2.26. The topological polar surface area (TPSA) is 50.8 Å². The summed E-state index contributed by atoms with van der Waals surface area (Å²) in [5.41, 5.74) is 1.50. The molecule has 3 heterocycles. The molecule has 5 nitrogen and oxygen atoms in total. The number of hydrogen-bond acceptors (Lipinski definition) is 4. The molecule has 2 aromatic heterocycles. The summed E-state index contributed by atoms with van der Waals surface area (Å²) in [6.07, 6.45) is 2.08. The smallest absolute Gasteiger partial charge is 0.289 e. The van der Waals surface area contributed by atoms with Crippen LogP contribution in [0.1, 0.15) is 30.2 Å². The molecule has 0 spiro atoms. The molecule has 0 amide bonds. The second-order valence-electron chi connectivity index (χ2n) is 5.86. The van der Waals surface area contributed by atoms with Gasteiger partial charge in [-0.25, -0.2) is 4.98 Å². The van der Waals surface area contributed by atoms with Crippen molar-refractivity contribution in [1.29, 1.82) is 0 Å². The molecule has 3 aromatic rings. The van der Waals surface area contributed by atoms with E-state index >= 15 is 0 Å². The van der Waals surface area contributed by atoms with Gasteiger partial charge in [-0.1, -0.05) is 23.7 Å². The molecule has 0 N–H and O–H groups in total. The van der Waals surface area contributed by atoms with Crippen LogP contribution in [0.5, 0.6) is 0 Å². The Morgan fingerprint density at radius 2 is 2.17 bits per heavy atom. The lowest BCUT2D eigenvalue weighted by atomic mass is 10.0. The average Bonchev–Trinajstić information content (AvgIpc) is 3.13. The van der Waals surface area contributed by atoms with Crippen LogP contribution in [0.2, 0.25) is 5.02 Å². The van der Waals surface area contributed by atoms with Gasteiger partial charge < -0.3 is 9.42 Å². The molecule has 1 fully saturated rings. The summed E-state index contributed by atoms with van der Waals surface area (Å²) in [6, 6.07) is 11.4. The zero-order valence-corrected chi connectivity index (χ0v) is 13.5. The van der Waals surface area contributed by atoms with Gasteiger partial charge in [-0.3, -0.25) is 4.79 Å². The van der Waals surface area contributed by atoms with E-state index < -0.39 is 0 Å². The number of nitrogens with zero attached hydrogens (tertiary/aromatic N) is 3. The molecule has 0 aliphatic carbocycles. The molecule has 1 atom stereocenters. The van der Waals surface area contributed by atoms with Gasteiger partial charge in [0.05, 0.1) is 6.04 Å². The Kier molecular flexibility index (Phi) is 3.38. The van der Waals surface area contributed by atoms with E-state index in [0.29, 0.717) is 17.2 Å². The normalized spacial score (nSPS) is 18.0. The number of rotatable bonds is 2. The molecule has 6 heteroatoms. The highest BCUT2D eigenvalue weighted by atomic mass is 35.5. The first kappa shape index (κ1) is 14.3. The number of benzene rings is 1. The third-order valence-corrected chi connectivity index (χ3v) is 4.47. The van der Waals surface area contributed by atoms with Crippen LogP contribution >= 0.6 is 11.6 Å². The molecule has 4 rings (SSSR count). The zero-order valence-electron chi connectivity index (χ0n) is 12.7. The molecule has 23 heavy (non-hydrogen) atoms. The minimum atomic E-state index is -0.199. The Bertz CT molecular complexity index is 931. The van der Waals surface area contributed by atoms with Crippen molar-refractivity contribution in [1.82, 2.24) is 9.56 Å². The van der Waals surface area contributed by atoms with E-state index in [4.69, 9.17) is 16.1 Å². The monoisotopic (exact) mass is 329 g/mol.